The van der Waals surface area contributed by atoms with E-state index in [1.165, 1.54) is 31.4 Å². The van der Waals surface area contributed by atoms with E-state index in [2.05, 4.69) is 15.3 Å². The van der Waals surface area contributed by atoms with Gasteiger partial charge in [-0.3, -0.25) is 4.79 Å². The predicted molar refractivity (Wildman–Crippen MR) is 112 cm³/mol. The molecule has 164 valence electrons. The summed E-state index contributed by atoms with van der Waals surface area (Å²) in [4.78, 5) is 16.7. The number of carbonyl (C=O) groups excluding carboxylic acids is 1. The van der Waals surface area contributed by atoms with Crippen LogP contribution in [-0.4, -0.2) is 32.1 Å². The molecule has 0 spiro atoms. The van der Waals surface area contributed by atoms with Crippen LogP contribution in [0.2, 0.25) is 10.0 Å². The second-order valence-corrected chi connectivity index (χ2v) is 7.64. The van der Waals surface area contributed by atoms with Crippen molar-refractivity contribution < 1.29 is 27.5 Å². The molecule has 0 aromatic heterocycles. The van der Waals surface area contributed by atoms with Crippen LogP contribution in [0.1, 0.15) is 27.0 Å². The topological polar surface area (TPSA) is 59.9 Å². The summed E-state index contributed by atoms with van der Waals surface area (Å²) >= 11 is 11.8. The van der Waals surface area contributed by atoms with E-state index in [0.717, 1.165) is 12.4 Å². The second-order valence-electron chi connectivity index (χ2n) is 6.77. The van der Waals surface area contributed by atoms with Gasteiger partial charge >= 0.3 is 6.18 Å². The fourth-order valence-corrected chi connectivity index (χ4v) is 3.81. The first-order valence-electron chi connectivity index (χ1n) is 8.93. The fraction of sp³-hybridized carbons (Fsp3) is 0.238. The molecule has 0 aliphatic carbocycles. The number of ether oxygens (including phenoxy) is 1. The fourth-order valence-electron chi connectivity index (χ4n) is 3.28. The molecule has 0 radical (unpaired) electrons. The van der Waals surface area contributed by atoms with Crippen molar-refractivity contribution in [2.75, 3.05) is 13.7 Å². The summed E-state index contributed by atoms with van der Waals surface area (Å²) in [5.74, 6) is -0.431. The van der Waals surface area contributed by atoms with Gasteiger partial charge in [0.25, 0.3) is 5.91 Å². The van der Waals surface area contributed by atoms with Gasteiger partial charge < -0.3 is 14.9 Å². The lowest BCUT2D eigenvalue weighted by atomic mass is 9.90. The van der Waals surface area contributed by atoms with E-state index in [1.807, 2.05) is 0 Å². The molecule has 1 heterocycles. The Morgan fingerprint density at radius 2 is 1.90 bits per heavy atom. The molecule has 1 N–H and O–H groups in total. The molecule has 1 aliphatic rings. The highest BCUT2D eigenvalue weighted by Crippen LogP contribution is 2.49. The van der Waals surface area contributed by atoms with Crippen LogP contribution in [0.4, 0.5) is 13.2 Å². The molecular weight excluding hydrogens is 456 g/mol. The van der Waals surface area contributed by atoms with Crippen molar-refractivity contribution in [1.29, 1.82) is 0 Å². The van der Waals surface area contributed by atoms with Crippen molar-refractivity contribution in [3.05, 3.63) is 74.8 Å². The smallest absolute Gasteiger partial charge is 0.398 e. The van der Waals surface area contributed by atoms with Crippen LogP contribution >= 0.6 is 23.2 Å². The zero-order valence-corrected chi connectivity index (χ0v) is 17.9. The number of rotatable bonds is 5. The molecule has 31 heavy (non-hydrogen) atoms. The Balaban J connectivity index is 1.99. The summed E-state index contributed by atoms with van der Waals surface area (Å²) in [5.41, 5.74) is -1.16. The van der Waals surface area contributed by atoms with Crippen LogP contribution in [-0.2, 0) is 15.2 Å². The van der Waals surface area contributed by atoms with Crippen LogP contribution in [0.5, 0.6) is 0 Å². The molecule has 1 unspecified atom stereocenters. The Bertz CT molecular complexity index is 1050. The summed E-state index contributed by atoms with van der Waals surface area (Å²) in [6, 6.07) is 8.41. The van der Waals surface area contributed by atoms with E-state index in [1.54, 1.807) is 19.1 Å². The van der Waals surface area contributed by atoms with Crippen LogP contribution in [0, 0.1) is 6.92 Å². The van der Waals surface area contributed by atoms with Crippen molar-refractivity contribution in [3.63, 3.8) is 0 Å². The zero-order valence-electron chi connectivity index (χ0n) is 16.4. The number of amides is 1. The summed E-state index contributed by atoms with van der Waals surface area (Å²) in [5, 5.41) is 5.98. The van der Waals surface area contributed by atoms with Gasteiger partial charge in [0, 0.05) is 15.6 Å². The number of nitrogens with one attached hydrogen (secondary N) is 1. The molecule has 0 fully saturated rings. The number of alkyl halides is 3. The predicted octanol–water partition coefficient (Wildman–Crippen LogP) is 5.49. The Kier molecular flexibility index (Phi) is 6.64. The highest BCUT2D eigenvalue weighted by molar-refractivity contribution is 6.34. The number of benzene rings is 2. The lowest BCUT2D eigenvalue weighted by molar-refractivity contribution is -0.254. The number of hydrogen-bond acceptors (Lipinski definition) is 4. The third kappa shape index (κ3) is 4.71. The third-order valence-electron chi connectivity index (χ3n) is 4.74. The average molecular weight is 473 g/mol. The maximum atomic E-state index is 14.1. The van der Waals surface area contributed by atoms with Gasteiger partial charge in [-0.1, -0.05) is 40.5 Å². The van der Waals surface area contributed by atoms with Crippen LogP contribution < -0.4 is 5.32 Å². The number of hydrogen-bond donors (Lipinski definition) is 1. The van der Waals surface area contributed by atoms with Crippen molar-refractivity contribution in [3.8, 4) is 0 Å². The maximum absolute atomic E-state index is 14.1. The summed E-state index contributed by atoms with van der Waals surface area (Å²) in [7, 11) is 1.33. The Morgan fingerprint density at radius 1 is 1.23 bits per heavy atom. The van der Waals surface area contributed by atoms with Crippen molar-refractivity contribution in [2.45, 2.75) is 18.7 Å². The van der Waals surface area contributed by atoms with E-state index in [-0.39, 0.29) is 22.2 Å². The molecule has 1 atom stereocenters. The highest BCUT2D eigenvalue weighted by Gasteiger charge is 2.58. The first-order chi connectivity index (χ1) is 14.6. The zero-order chi connectivity index (χ0) is 22.8. The number of oxime groups is 1. The Labute approximate surface area is 186 Å². The molecule has 1 aliphatic heterocycles. The lowest BCUT2D eigenvalue weighted by Gasteiger charge is -2.30. The largest absolute Gasteiger partial charge is 0.425 e. The minimum absolute atomic E-state index is 0.0693. The monoisotopic (exact) mass is 472 g/mol. The minimum atomic E-state index is -4.75. The molecule has 0 saturated heterocycles. The van der Waals surface area contributed by atoms with Gasteiger partial charge in [0.15, 0.2) is 0 Å². The summed E-state index contributed by atoms with van der Waals surface area (Å²) < 4.78 is 47.7. The molecule has 1 amide bonds. The number of nitrogens with zero attached hydrogens (tertiary/aromatic N) is 1. The SMILES string of the molecule is CON=CNC(=O)c1ccc(C2=CC(c3cc(Cl)cc(Cl)c3)(C(F)(F)F)OC2)cc1C. The van der Waals surface area contributed by atoms with E-state index in [9.17, 15) is 18.0 Å². The number of halogens is 5. The number of carbonyl (C=O) groups is 1. The first-order valence-corrected chi connectivity index (χ1v) is 9.69. The third-order valence-corrected chi connectivity index (χ3v) is 5.18. The molecule has 0 bridgehead atoms. The molecule has 3 rings (SSSR count). The molecule has 5 nitrogen and oxygen atoms in total. The van der Waals surface area contributed by atoms with Gasteiger partial charge in [-0.05, 0) is 59.5 Å². The Morgan fingerprint density at radius 3 is 2.48 bits per heavy atom. The molecule has 2 aromatic rings. The van der Waals surface area contributed by atoms with Crippen LogP contribution in [0.3, 0.4) is 0 Å². The minimum Gasteiger partial charge on any atom is -0.398 e. The highest BCUT2D eigenvalue weighted by atomic mass is 35.5. The summed E-state index contributed by atoms with van der Waals surface area (Å²) in [6.07, 6.45) is -2.64. The van der Waals surface area contributed by atoms with E-state index in [4.69, 9.17) is 27.9 Å². The second kappa shape index (κ2) is 8.90. The maximum Gasteiger partial charge on any atom is 0.425 e. The van der Waals surface area contributed by atoms with E-state index >= 15 is 0 Å². The van der Waals surface area contributed by atoms with Gasteiger partial charge in [-0.2, -0.15) is 13.2 Å². The quantitative estimate of drug-likeness (QED) is 0.355. The van der Waals surface area contributed by atoms with Gasteiger partial charge in [-0.15, -0.1) is 0 Å². The van der Waals surface area contributed by atoms with Crippen molar-refractivity contribution in [1.82, 2.24) is 5.32 Å². The molecule has 2 aromatic carbocycles. The van der Waals surface area contributed by atoms with Crippen LogP contribution in [0.15, 0.2) is 47.6 Å². The molecule has 0 saturated carbocycles. The van der Waals surface area contributed by atoms with Crippen molar-refractivity contribution in [2.24, 2.45) is 5.16 Å². The Hall–Kier alpha value is -2.55. The standard InChI is InChI=1S/C21H17Cl2F3N2O3/c1-12-5-13(3-4-18(12)19(29)27-11-28-30-2)14-9-20(31-10-14,21(24,25)26)15-6-16(22)8-17(23)7-15/h3-9,11H,10H2,1-2H3,(H,27,28,29). The summed E-state index contributed by atoms with van der Waals surface area (Å²) in [6.45, 7) is 1.39. The lowest BCUT2D eigenvalue weighted by Crippen LogP contribution is -2.41. The van der Waals surface area contributed by atoms with Gasteiger partial charge in [-0.25, -0.2) is 0 Å². The van der Waals surface area contributed by atoms with Gasteiger partial charge in [0.05, 0.1) is 6.61 Å². The van der Waals surface area contributed by atoms with Gasteiger partial charge in [0.2, 0.25) is 5.60 Å². The van der Waals surface area contributed by atoms with E-state index < -0.39 is 17.7 Å². The molecular formula is C21H17Cl2F3N2O3. The first kappa shape index (κ1) is 23.1. The van der Waals surface area contributed by atoms with Gasteiger partial charge in [0.1, 0.15) is 13.4 Å². The normalized spacial score (nSPS) is 18.9. The molecule has 10 heteroatoms. The van der Waals surface area contributed by atoms with E-state index in [0.29, 0.717) is 22.3 Å². The average Bonchev–Trinajstić information content (AvgIpc) is 3.14. The number of aryl methyl sites for hydroxylation is 1. The van der Waals surface area contributed by atoms with Crippen LogP contribution in [0.25, 0.3) is 5.57 Å². The van der Waals surface area contributed by atoms with Crippen molar-refractivity contribution >= 4 is 41.0 Å².